The van der Waals surface area contributed by atoms with Gasteiger partial charge in [-0.05, 0) is 32.0 Å². The Kier molecular flexibility index (Phi) is 4.83. The number of hydrogen-bond donors (Lipinski definition) is 0. The number of carbonyl (C=O) groups excluding carboxylic acids is 1. The quantitative estimate of drug-likeness (QED) is 0.633. The summed E-state index contributed by atoms with van der Waals surface area (Å²) >= 11 is 6.06. The van der Waals surface area contributed by atoms with Gasteiger partial charge in [0, 0.05) is 16.1 Å². The molecule has 4 rings (SSSR count). The summed E-state index contributed by atoms with van der Waals surface area (Å²) < 4.78 is 7.01. The molecule has 0 unspecified atom stereocenters. The minimum Gasteiger partial charge on any atom is -0.465 e. The van der Waals surface area contributed by atoms with Crippen LogP contribution in [0.1, 0.15) is 23.9 Å². The van der Waals surface area contributed by atoms with Crippen molar-refractivity contribution in [1.29, 1.82) is 0 Å². The van der Waals surface area contributed by atoms with Crippen molar-refractivity contribution in [2.45, 2.75) is 13.8 Å². The van der Waals surface area contributed by atoms with Crippen LogP contribution in [0.15, 0.2) is 53.6 Å². The maximum absolute atomic E-state index is 12.2. The average molecular weight is 396 g/mol. The van der Waals surface area contributed by atoms with Gasteiger partial charge >= 0.3 is 5.97 Å². The van der Waals surface area contributed by atoms with Gasteiger partial charge in [0.15, 0.2) is 0 Å². The molecule has 0 saturated carbocycles. The van der Waals surface area contributed by atoms with E-state index < -0.39 is 0 Å². The molecule has 0 saturated heterocycles. The fourth-order valence-corrected chi connectivity index (χ4v) is 3.27. The van der Waals surface area contributed by atoms with Gasteiger partial charge in [-0.2, -0.15) is 5.10 Å². The van der Waals surface area contributed by atoms with Gasteiger partial charge in [-0.3, -0.25) is 9.36 Å². The molecule has 0 spiro atoms. The van der Waals surface area contributed by atoms with Crippen LogP contribution in [0.5, 0.6) is 0 Å². The SMILES string of the molecule is CCOC(=O)CN1N=C(c2ccc(Cl)cc2)c2ccccc2-n2c(C)nnc21. The van der Waals surface area contributed by atoms with Crippen LogP contribution in [0.2, 0.25) is 5.02 Å². The van der Waals surface area contributed by atoms with E-state index >= 15 is 0 Å². The van der Waals surface area contributed by atoms with Gasteiger partial charge in [-0.1, -0.05) is 41.9 Å². The third kappa shape index (κ3) is 3.25. The zero-order valence-corrected chi connectivity index (χ0v) is 16.2. The van der Waals surface area contributed by atoms with Crippen molar-refractivity contribution in [2.24, 2.45) is 5.10 Å². The normalized spacial score (nSPS) is 12.7. The summed E-state index contributed by atoms with van der Waals surface area (Å²) in [6.45, 7) is 3.86. The first-order valence-corrected chi connectivity index (χ1v) is 9.25. The Balaban J connectivity index is 1.92. The molecule has 7 nitrogen and oxygen atoms in total. The molecule has 1 aromatic heterocycles. The predicted molar refractivity (Wildman–Crippen MR) is 107 cm³/mol. The lowest BCUT2D eigenvalue weighted by atomic mass is 10.0. The molecule has 0 bridgehead atoms. The highest BCUT2D eigenvalue weighted by atomic mass is 35.5. The van der Waals surface area contributed by atoms with Crippen LogP contribution in [-0.2, 0) is 9.53 Å². The number of nitrogens with zero attached hydrogens (tertiary/aromatic N) is 5. The molecule has 2 heterocycles. The van der Waals surface area contributed by atoms with Gasteiger partial charge in [0.25, 0.3) is 5.95 Å². The third-order valence-corrected chi connectivity index (χ3v) is 4.61. The Morgan fingerprint density at radius 1 is 1.11 bits per heavy atom. The first kappa shape index (κ1) is 18.2. The monoisotopic (exact) mass is 395 g/mol. The summed E-state index contributed by atoms with van der Waals surface area (Å²) in [7, 11) is 0. The number of hydrogen-bond acceptors (Lipinski definition) is 6. The lowest BCUT2D eigenvalue weighted by molar-refractivity contribution is -0.141. The maximum Gasteiger partial charge on any atom is 0.327 e. The molecule has 8 heteroatoms. The second-order valence-electron chi connectivity index (χ2n) is 6.22. The Labute approximate surface area is 167 Å². The summed E-state index contributed by atoms with van der Waals surface area (Å²) in [5.74, 6) is 0.769. The molecule has 142 valence electrons. The zero-order valence-electron chi connectivity index (χ0n) is 15.5. The van der Waals surface area contributed by atoms with Crippen molar-refractivity contribution < 1.29 is 9.53 Å². The number of carbonyl (C=O) groups is 1. The number of rotatable bonds is 4. The standard InChI is InChI=1S/C20H18ClN5O2/c1-3-28-18(27)12-25-20-23-22-13(2)26(20)17-7-5-4-6-16(17)19(24-25)14-8-10-15(21)11-9-14/h4-11H,3,12H2,1-2H3. The van der Waals surface area contributed by atoms with Crippen LogP contribution >= 0.6 is 11.6 Å². The topological polar surface area (TPSA) is 72.6 Å². The zero-order chi connectivity index (χ0) is 19.7. The van der Waals surface area contributed by atoms with E-state index in [-0.39, 0.29) is 12.5 Å². The van der Waals surface area contributed by atoms with E-state index in [4.69, 9.17) is 21.4 Å². The van der Waals surface area contributed by atoms with Crippen LogP contribution in [0.25, 0.3) is 5.69 Å². The number of halogens is 1. The van der Waals surface area contributed by atoms with Crippen LogP contribution in [0, 0.1) is 6.92 Å². The minimum atomic E-state index is -0.389. The molecule has 0 radical (unpaired) electrons. The highest BCUT2D eigenvalue weighted by molar-refractivity contribution is 6.30. The number of aromatic nitrogens is 3. The van der Waals surface area contributed by atoms with Gasteiger partial charge in [-0.15, -0.1) is 10.2 Å². The van der Waals surface area contributed by atoms with E-state index in [2.05, 4.69) is 10.2 Å². The number of benzene rings is 2. The lowest BCUT2D eigenvalue weighted by Crippen LogP contribution is -2.29. The molecular weight excluding hydrogens is 378 g/mol. The third-order valence-electron chi connectivity index (χ3n) is 4.36. The molecular formula is C20H18ClN5O2. The van der Waals surface area contributed by atoms with Crippen LogP contribution in [0.4, 0.5) is 5.95 Å². The Morgan fingerprint density at radius 3 is 2.61 bits per heavy atom. The van der Waals surface area contributed by atoms with Gasteiger partial charge < -0.3 is 4.74 Å². The van der Waals surface area contributed by atoms with Crippen molar-refractivity contribution in [3.8, 4) is 5.69 Å². The minimum absolute atomic E-state index is 0.0724. The second kappa shape index (κ2) is 7.44. The molecule has 0 atom stereocenters. The van der Waals surface area contributed by atoms with E-state index in [0.717, 1.165) is 16.8 Å². The van der Waals surface area contributed by atoms with Crippen LogP contribution in [-0.4, -0.2) is 39.6 Å². The molecule has 1 aliphatic rings. The number of para-hydroxylation sites is 1. The Morgan fingerprint density at radius 2 is 1.86 bits per heavy atom. The van der Waals surface area contributed by atoms with Crippen molar-refractivity contribution in [3.63, 3.8) is 0 Å². The molecule has 28 heavy (non-hydrogen) atoms. The van der Waals surface area contributed by atoms with E-state index in [1.54, 1.807) is 6.92 Å². The number of ether oxygens (including phenoxy) is 1. The van der Waals surface area contributed by atoms with Crippen LogP contribution < -0.4 is 5.01 Å². The molecule has 1 aliphatic heterocycles. The first-order chi connectivity index (χ1) is 13.6. The predicted octanol–water partition coefficient (Wildman–Crippen LogP) is 3.36. The van der Waals surface area contributed by atoms with E-state index in [9.17, 15) is 4.79 Å². The van der Waals surface area contributed by atoms with E-state index in [1.807, 2.05) is 60.0 Å². The van der Waals surface area contributed by atoms with E-state index in [1.165, 1.54) is 5.01 Å². The van der Waals surface area contributed by atoms with Gasteiger partial charge in [0.05, 0.1) is 12.3 Å². The first-order valence-electron chi connectivity index (χ1n) is 8.88. The smallest absolute Gasteiger partial charge is 0.327 e. The number of aryl methyl sites for hydroxylation is 1. The van der Waals surface area contributed by atoms with Gasteiger partial charge in [-0.25, -0.2) is 5.01 Å². The second-order valence-corrected chi connectivity index (χ2v) is 6.65. The highest BCUT2D eigenvalue weighted by Gasteiger charge is 2.27. The number of hydrazone groups is 1. The number of esters is 1. The average Bonchev–Trinajstić information content (AvgIpc) is 3.01. The summed E-state index contributed by atoms with van der Waals surface area (Å²) in [6, 6.07) is 15.3. The maximum atomic E-state index is 12.2. The number of fused-ring (bicyclic) bond motifs is 3. The van der Waals surface area contributed by atoms with Crippen molar-refractivity contribution in [3.05, 3.63) is 70.5 Å². The van der Waals surface area contributed by atoms with Gasteiger partial charge in [0.2, 0.25) is 0 Å². The Bertz CT molecular complexity index is 1060. The molecule has 0 fully saturated rings. The number of anilines is 1. The van der Waals surface area contributed by atoms with E-state index in [0.29, 0.717) is 29.1 Å². The lowest BCUT2D eigenvalue weighted by Gasteiger charge is -2.16. The molecule has 3 aromatic rings. The van der Waals surface area contributed by atoms with Crippen molar-refractivity contribution in [2.75, 3.05) is 18.2 Å². The molecule has 0 amide bonds. The Hall–Kier alpha value is -3.19. The fourth-order valence-electron chi connectivity index (χ4n) is 3.14. The molecule has 0 aliphatic carbocycles. The highest BCUT2D eigenvalue weighted by Crippen LogP contribution is 2.29. The summed E-state index contributed by atoms with van der Waals surface area (Å²) in [5.41, 5.74) is 3.38. The van der Waals surface area contributed by atoms with Crippen LogP contribution in [0.3, 0.4) is 0 Å². The summed E-state index contributed by atoms with van der Waals surface area (Å²) in [5, 5.41) is 15.4. The van der Waals surface area contributed by atoms with Crippen molar-refractivity contribution >= 4 is 29.2 Å². The summed E-state index contributed by atoms with van der Waals surface area (Å²) in [6.07, 6.45) is 0. The molecule has 0 N–H and O–H groups in total. The molecule has 2 aromatic carbocycles. The van der Waals surface area contributed by atoms with Gasteiger partial charge in [0.1, 0.15) is 18.1 Å². The fraction of sp³-hybridized carbons (Fsp3) is 0.200. The van der Waals surface area contributed by atoms with Crippen molar-refractivity contribution in [1.82, 2.24) is 14.8 Å². The largest absolute Gasteiger partial charge is 0.465 e. The summed E-state index contributed by atoms with van der Waals surface area (Å²) in [4.78, 5) is 12.2.